The molecule has 0 spiro atoms. The van der Waals surface area contributed by atoms with E-state index in [-0.39, 0.29) is 6.42 Å². The maximum atomic E-state index is 10.4. The molecule has 0 bridgehead atoms. The molecular formula is C34H60O2. The molecule has 0 heterocycles. The van der Waals surface area contributed by atoms with Crippen molar-refractivity contribution < 1.29 is 9.90 Å². The average molecular weight is 501 g/mol. The Morgan fingerprint density at radius 2 is 0.694 bits per heavy atom. The number of carboxylic acid groups (broad SMARTS) is 1. The Morgan fingerprint density at radius 3 is 1.03 bits per heavy atom. The third-order valence-corrected chi connectivity index (χ3v) is 6.64. The number of allylic oxidation sites excluding steroid dienone is 8. The van der Waals surface area contributed by atoms with Gasteiger partial charge in [-0.15, -0.1) is 0 Å². The Balaban J connectivity index is 3.21. The van der Waals surface area contributed by atoms with Gasteiger partial charge in [0.1, 0.15) is 0 Å². The van der Waals surface area contributed by atoms with Gasteiger partial charge in [-0.3, -0.25) is 4.79 Å². The van der Waals surface area contributed by atoms with Gasteiger partial charge in [0, 0.05) is 6.42 Å². The predicted molar refractivity (Wildman–Crippen MR) is 161 cm³/mol. The van der Waals surface area contributed by atoms with Gasteiger partial charge >= 0.3 is 5.97 Å². The van der Waals surface area contributed by atoms with E-state index in [0.717, 1.165) is 25.7 Å². The SMILES string of the molecule is CCCCCCC=CCCC=CCCCCCCCCCCCCC=CCCC=CCCCC(=O)O. The zero-order valence-electron chi connectivity index (χ0n) is 23.9. The smallest absolute Gasteiger partial charge is 0.303 e. The van der Waals surface area contributed by atoms with Crippen molar-refractivity contribution in [3.05, 3.63) is 48.6 Å². The second-order valence-electron chi connectivity index (χ2n) is 10.3. The van der Waals surface area contributed by atoms with E-state index >= 15 is 0 Å². The van der Waals surface area contributed by atoms with Gasteiger partial charge in [0.05, 0.1) is 0 Å². The van der Waals surface area contributed by atoms with Crippen molar-refractivity contribution in [1.29, 1.82) is 0 Å². The second kappa shape index (κ2) is 31.5. The van der Waals surface area contributed by atoms with Crippen molar-refractivity contribution in [2.75, 3.05) is 0 Å². The lowest BCUT2D eigenvalue weighted by Gasteiger charge is -2.02. The molecule has 0 atom stereocenters. The number of hydrogen-bond acceptors (Lipinski definition) is 1. The van der Waals surface area contributed by atoms with Crippen LogP contribution in [-0.2, 0) is 4.79 Å². The highest BCUT2D eigenvalue weighted by atomic mass is 16.4. The Hall–Kier alpha value is -1.57. The molecule has 0 aromatic carbocycles. The summed E-state index contributed by atoms with van der Waals surface area (Å²) in [6, 6.07) is 0. The van der Waals surface area contributed by atoms with Gasteiger partial charge in [0.25, 0.3) is 0 Å². The molecule has 36 heavy (non-hydrogen) atoms. The summed E-state index contributed by atoms with van der Waals surface area (Å²) in [6.07, 6.45) is 48.1. The van der Waals surface area contributed by atoms with Gasteiger partial charge in [0.15, 0.2) is 0 Å². The molecular weight excluding hydrogens is 440 g/mol. The molecule has 0 aromatic rings. The normalized spacial score (nSPS) is 12.2. The fourth-order valence-electron chi connectivity index (χ4n) is 4.33. The standard InChI is InChI=1S/C34H60O2/c1-2-3-4-5-6-7-8-9-10-11-12-13-14-15-16-17-18-19-20-21-22-23-24-25-26-27-28-29-30-31-32-33-34(35)36/h7-8,11-12,25-26,29-30H,2-6,9-10,13-24,27-28,31-33H2,1H3,(H,35,36). The first-order valence-corrected chi connectivity index (χ1v) is 15.6. The predicted octanol–water partition coefficient (Wildman–Crippen LogP) is 11.7. The van der Waals surface area contributed by atoms with Gasteiger partial charge in [0.2, 0.25) is 0 Å². The van der Waals surface area contributed by atoms with Gasteiger partial charge in [-0.1, -0.05) is 126 Å². The fraction of sp³-hybridized carbons (Fsp3) is 0.735. The molecule has 208 valence electrons. The van der Waals surface area contributed by atoms with Crippen LogP contribution in [0.25, 0.3) is 0 Å². The number of hydrogen-bond donors (Lipinski definition) is 1. The molecule has 2 nitrogen and oxygen atoms in total. The molecule has 0 aliphatic carbocycles. The van der Waals surface area contributed by atoms with E-state index in [9.17, 15) is 4.79 Å². The minimum absolute atomic E-state index is 0.278. The number of aliphatic carboxylic acids is 1. The number of rotatable bonds is 28. The third kappa shape index (κ3) is 32.4. The highest BCUT2D eigenvalue weighted by Gasteiger charge is 1.94. The largest absolute Gasteiger partial charge is 0.481 e. The van der Waals surface area contributed by atoms with E-state index in [2.05, 4.69) is 55.5 Å². The highest BCUT2D eigenvalue weighted by Crippen LogP contribution is 2.13. The van der Waals surface area contributed by atoms with Crippen molar-refractivity contribution >= 4 is 5.97 Å². The van der Waals surface area contributed by atoms with Crippen LogP contribution in [0.1, 0.15) is 161 Å². The minimum Gasteiger partial charge on any atom is -0.481 e. The van der Waals surface area contributed by atoms with Gasteiger partial charge in [-0.25, -0.2) is 0 Å². The van der Waals surface area contributed by atoms with Crippen LogP contribution in [0.15, 0.2) is 48.6 Å². The summed E-state index contributed by atoms with van der Waals surface area (Å²) in [7, 11) is 0. The summed E-state index contributed by atoms with van der Waals surface area (Å²) in [5.74, 6) is -0.696. The van der Waals surface area contributed by atoms with E-state index in [4.69, 9.17) is 5.11 Å². The Labute approximate surface area is 225 Å². The molecule has 0 rings (SSSR count). The van der Waals surface area contributed by atoms with Crippen LogP contribution in [0.4, 0.5) is 0 Å². The van der Waals surface area contributed by atoms with Crippen molar-refractivity contribution in [2.45, 2.75) is 161 Å². The minimum atomic E-state index is -0.696. The summed E-state index contributed by atoms with van der Waals surface area (Å²) in [5, 5.41) is 8.59. The van der Waals surface area contributed by atoms with E-state index in [1.54, 1.807) is 0 Å². The lowest BCUT2D eigenvalue weighted by atomic mass is 10.0. The third-order valence-electron chi connectivity index (χ3n) is 6.64. The van der Waals surface area contributed by atoms with E-state index in [1.165, 1.54) is 122 Å². The molecule has 1 N–H and O–H groups in total. The highest BCUT2D eigenvalue weighted by molar-refractivity contribution is 5.66. The average Bonchev–Trinajstić information content (AvgIpc) is 2.87. The lowest BCUT2D eigenvalue weighted by molar-refractivity contribution is -0.137. The summed E-state index contributed by atoms with van der Waals surface area (Å²) in [5.41, 5.74) is 0. The molecule has 0 unspecified atom stereocenters. The Kier molecular flexibility index (Phi) is 30.1. The van der Waals surface area contributed by atoms with Crippen LogP contribution >= 0.6 is 0 Å². The molecule has 0 saturated heterocycles. The summed E-state index contributed by atoms with van der Waals surface area (Å²) in [4.78, 5) is 10.4. The topological polar surface area (TPSA) is 37.3 Å². The summed E-state index contributed by atoms with van der Waals surface area (Å²) < 4.78 is 0. The molecule has 0 fully saturated rings. The molecule has 0 amide bonds. The zero-order chi connectivity index (χ0) is 26.2. The van der Waals surface area contributed by atoms with Crippen molar-refractivity contribution in [2.24, 2.45) is 0 Å². The first-order valence-electron chi connectivity index (χ1n) is 15.6. The zero-order valence-corrected chi connectivity index (χ0v) is 23.9. The van der Waals surface area contributed by atoms with E-state index < -0.39 is 5.97 Å². The van der Waals surface area contributed by atoms with Crippen LogP contribution in [0.5, 0.6) is 0 Å². The van der Waals surface area contributed by atoms with Gasteiger partial charge < -0.3 is 5.11 Å². The number of unbranched alkanes of at least 4 members (excludes halogenated alkanes) is 18. The quantitative estimate of drug-likeness (QED) is 0.0856. The molecule has 0 aliphatic heterocycles. The van der Waals surface area contributed by atoms with Crippen LogP contribution < -0.4 is 0 Å². The molecule has 0 saturated carbocycles. The van der Waals surface area contributed by atoms with Crippen molar-refractivity contribution in [3.8, 4) is 0 Å². The van der Waals surface area contributed by atoms with Crippen molar-refractivity contribution in [1.82, 2.24) is 0 Å². The molecule has 0 radical (unpaired) electrons. The Bertz CT molecular complexity index is 556. The van der Waals surface area contributed by atoms with E-state index in [1.807, 2.05) is 0 Å². The van der Waals surface area contributed by atoms with Crippen LogP contribution in [0.3, 0.4) is 0 Å². The van der Waals surface area contributed by atoms with E-state index in [0.29, 0.717) is 0 Å². The van der Waals surface area contributed by atoms with Crippen LogP contribution in [-0.4, -0.2) is 11.1 Å². The first-order chi connectivity index (χ1) is 17.8. The fourth-order valence-corrected chi connectivity index (χ4v) is 4.33. The molecule has 0 aliphatic rings. The number of carbonyl (C=O) groups is 1. The van der Waals surface area contributed by atoms with Crippen LogP contribution in [0, 0.1) is 0 Å². The number of carboxylic acids is 1. The lowest BCUT2D eigenvalue weighted by Crippen LogP contribution is -1.92. The Morgan fingerprint density at radius 1 is 0.417 bits per heavy atom. The van der Waals surface area contributed by atoms with Gasteiger partial charge in [-0.2, -0.15) is 0 Å². The second-order valence-corrected chi connectivity index (χ2v) is 10.3. The maximum Gasteiger partial charge on any atom is 0.303 e. The summed E-state index contributed by atoms with van der Waals surface area (Å²) >= 11 is 0. The maximum absolute atomic E-state index is 10.4. The molecule has 2 heteroatoms. The summed E-state index contributed by atoms with van der Waals surface area (Å²) in [6.45, 7) is 2.27. The monoisotopic (exact) mass is 500 g/mol. The van der Waals surface area contributed by atoms with Crippen molar-refractivity contribution in [3.63, 3.8) is 0 Å². The van der Waals surface area contributed by atoms with Crippen LogP contribution in [0.2, 0.25) is 0 Å². The van der Waals surface area contributed by atoms with Gasteiger partial charge in [-0.05, 0) is 77.0 Å². The first kappa shape index (κ1) is 34.4. The molecule has 0 aromatic heterocycles.